The zero-order chi connectivity index (χ0) is 17.6. The van der Waals surface area contributed by atoms with Gasteiger partial charge in [0.15, 0.2) is 0 Å². The number of pyridine rings is 1. The van der Waals surface area contributed by atoms with E-state index < -0.39 is 0 Å². The monoisotopic (exact) mass is 342 g/mol. The minimum atomic E-state index is -0.0409. The molecule has 0 saturated carbocycles. The molecule has 2 aromatic rings. The van der Waals surface area contributed by atoms with E-state index in [0.717, 1.165) is 31.9 Å². The van der Waals surface area contributed by atoms with Crippen molar-refractivity contribution in [3.05, 3.63) is 54.1 Å². The molecule has 0 aliphatic carbocycles. The SMILES string of the molecule is CC(C)n1cccc1C(=O)NC[C@H](c1cccnc1)N1CCOCC1. The van der Waals surface area contributed by atoms with E-state index in [-0.39, 0.29) is 18.0 Å². The maximum atomic E-state index is 12.7. The van der Waals surface area contributed by atoms with Crippen LogP contribution in [0.4, 0.5) is 0 Å². The van der Waals surface area contributed by atoms with Gasteiger partial charge in [0.25, 0.3) is 5.91 Å². The Bertz CT molecular complexity index is 678. The van der Waals surface area contributed by atoms with E-state index in [2.05, 4.69) is 35.1 Å². The molecule has 0 aromatic carbocycles. The highest BCUT2D eigenvalue weighted by Gasteiger charge is 2.24. The van der Waals surface area contributed by atoms with E-state index in [1.807, 2.05) is 35.2 Å². The Kier molecular flexibility index (Phi) is 5.83. The Morgan fingerprint density at radius 2 is 2.08 bits per heavy atom. The Hall–Kier alpha value is -2.18. The van der Waals surface area contributed by atoms with Crippen molar-refractivity contribution in [2.75, 3.05) is 32.8 Å². The first kappa shape index (κ1) is 17.6. The minimum Gasteiger partial charge on any atom is -0.379 e. The molecule has 0 spiro atoms. The number of aromatic nitrogens is 2. The second-order valence-electron chi connectivity index (χ2n) is 6.55. The van der Waals surface area contributed by atoms with Crippen molar-refractivity contribution in [3.63, 3.8) is 0 Å². The van der Waals surface area contributed by atoms with Crippen molar-refractivity contribution >= 4 is 5.91 Å². The number of carbonyl (C=O) groups excluding carboxylic acids is 1. The fourth-order valence-corrected chi connectivity index (χ4v) is 3.24. The number of hydrogen-bond donors (Lipinski definition) is 1. The van der Waals surface area contributed by atoms with Gasteiger partial charge in [-0.3, -0.25) is 14.7 Å². The van der Waals surface area contributed by atoms with Crippen LogP contribution in [0.2, 0.25) is 0 Å². The van der Waals surface area contributed by atoms with Crippen molar-refractivity contribution in [2.24, 2.45) is 0 Å². The summed E-state index contributed by atoms with van der Waals surface area (Å²) in [6.07, 6.45) is 5.59. The number of morpholine rings is 1. The maximum Gasteiger partial charge on any atom is 0.267 e. The van der Waals surface area contributed by atoms with E-state index in [0.29, 0.717) is 12.2 Å². The molecule has 3 heterocycles. The highest BCUT2D eigenvalue weighted by atomic mass is 16.5. The summed E-state index contributed by atoms with van der Waals surface area (Å²) >= 11 is 0. The quantitative estimate of drug-likeness (QED) is 0.875. The van der Waals surface area contributed by atoms with Crippen molar-refractivity contribution in [3.8, 4) is 0 Å². The van der Waals surface area contributed by atoms with Gasteiger partial charge >= 0.3 is 0 Å². The van der Waals surface area contributed by atoms with Crippen LogP contribution < -0.4 is 5.32 Å². The van der Waals surface area contributed by atoms with Gasteiger partial charge in [0, 0.05) is 44.3 Å². The first-order valence-electron chi connectivity index (χ1n) is 8.83. The molecule has 1 fully saturated rings. The molecule has 6 heteroatoms. The largest absolute Gasteiger partial charge is 0.379 e. The highest BCUT2D eigenvalue weighted by Crippen LogP contribution is 2.20. The second kappa shape index (κ2) is 8.27. The lowest BCUT2D eigenvalue weighted by Gasteiger charge is -2.34. The summed E-state index contributed by atoms with van der Waals surface area (Å²) < 4.78 is 7.45. The lowest BCUT2D eigenvalue weighted by molar-refractivity contribution is 0.0161. The van der Waals surface area contributed by atoms with Crippen molar-refractivity contribution in [1.29, 1.82) is 0 Å². The molecule has 1 aliphatic rings. The predicted molar refractivity (Wildman–Crippen MR) is 96.5 cm³/mol. The molecule has 1 aliphatic heterocycles. The first-order chi connectivity index (χ1) is 12.2. The summed E-state index contributed by atoms with van der Waals surface area (Å²) in [5.74, 6) is -0.0409. The summed E-state index contributed by atoms with van der Waals surface area (Å²) in [6.45, 7) is 7.86. The smallest absolute Gasteiger partial charge is 0.267 e. The fourth-order valence-electron chi connectivity index (χ4n) is 3.24. The minimum absolute atomic E-state index is 0.0409. The molecule has 1 N–H and O–H groups in total. The third-order valence-corrected chi connectivity index (χ3v) is 4.58. The van der Waals surface area contributed by atoms with Gasteiger partial charge in [0.1, 0.15) is 5.69 Å². The molecule has 0 radical (unpaired) electrons. The van der Waals surface area contributed by atoms with Crippen molar-refractivity contribution in [1.82, 2.24) is 19.8 Å². The van der Waals surface area contributed by atoms with Gasteiger partial charge < -0.3 is 14.6 Å². The summed E-state index contributed by atoms with van der Waals surface area (Å²) in [5.41, 5.74) is 1.81. The molecule has 1 amide bonds. The molecule has 6 nitrogen and oxygen atoms in total. The number of amides is 1. The van der Waals surface area contributed by atoms with Crippen LogP contribution in [0, 0.1) is 0 Å². The Morgan fingerprint density at radius 3 is 2.76 bits per heavy atom. The number of rotatable bonds is 6. The summed E-state index contributed by atoms with van der Waals surface area (Å²) in [6, 6.07) is 8.14. The molecule has 1 atom stereocenters. The van der Waals surface area contributed by atoms with Gasteiger partial charge in [-0.1, -0.05) is 6.07 Å². The first-order valence-corrected chi connectivity index (χ1v) is 8.83. The molecule has 0 bridgehead atoms. The van der Waals surface area contributed by atoms with Gasteiger partial charge in [-0.05, 0) is 37.6 Å². The predicted octanol–water partition coefficient (Wildman–Crippen LogP) is 2.27. The second-order valence-corrected chi connectivity index (χ2v) is 6.55. The average molecular weight is 342 g/mol. The molecular formula is C19H26N4O2. The molecule has 3 rings (SSSR count). The number of hydrogen-bond acceptors (Lipinski definition) is 4. The highest BCUT2D eigenvalue weighted by molar-refractivity contribution is 5.92. The summed E-state index contributed by atoms with van der Waals surface area (Å²) in [7, 11) is 0. The van der Waals surface area contributed by atoms with Crippen LogP contribution in [-0.4, -0.2) is 53.2 Å². The molecule has 25 heavy (non-hydrogen) atoms. The lowest BCUT2D eigenvalue weighted by atomic mass is 10.1. The number of ether oxygens (including phenoxy) is 1. The summed E-state index contributed by atoms with van der Waals surface area (Å²) in [5, 5.41) is 3.11. The topological polar surface area (TPSA) is 59.4 Å². The third-order valence-electron chi connectivity index (χ3n) is 4.58. The van der Waals surface area contributed by atoms with Gasteiger partial charge in [-0.2, -0.15) is 0 Å². The van der Waals surface area contributed by atoms with E-state index in [1.54, 1.807) is 6.20 Å². The molecule has 1 saturated heterocycles. The van der Waals surface area contributed by atoms with E-state index in [4.69, 9.17) is 4.74 Å². The Morgan fingerprint density at radius 1 is 1.28 bits per heavy atom. The van der Waals surface area contributed by atoms with Crippen molar-refractivity contribution < 1.29 is 9.53 Å². The van der Waals surface area contributed by atoms with Crippen LogP contribution in [0.15, 0.2) is 42.9 Å². The number of nitrogens with one attached hydrogen (secondary N) is 1. The molecular weight excluding hydrogens is 316 g/mol. The van der Waals surface area contributed by atoms with Gasteiger partial charge in [0.2, 0.25) is 0 Å². The van der Waals surface area contributed by atoms with Crippen molar-refractivity contribution in [2.45, 2.75) is 25.9 Å². The van der Waals surface area contributed by atoms with E-state index >= 15 is 0 Å². The Labute approximate surface area is 148 Å². The zero-order valence-corrected chi connectivity index (χ0v) is 14.9. The van der Waals surface area contributed by atoms with Crippen LogP contribution >= 0.6 is 0 Å². The molecule has 0 unspecified atom stereocenters. The van der Waals surface area contributed by atoms with Crippen LogP contribution in [0.3, 0.4) is 0 Å². The third kappa shape index (κ3) is 4.27. The van der Waals surface area contributed by atoms with Gasteiger partial charge in [0.05, 0.1) is 19.3 Å². The lowest BCUT2D eigenvalue weighted by Crippen LogP contribution is -2.44. The standard InChI is InChI=1S/C19H26N4O2/c1-15(2)23-8-4-6-17(23)19(24)21-14-18(16-5-3-7-20-13-16)22-9-11-25-12-10-22/h3-8,13,15,18H,9-12,14H2,1-2H3,(H,21,24)/t18-/m1/s1. The van der Waals surface area contributed by atoms with E-state index in [1.165, 1.54) is 0 Å². The molecule has 134 valence electrons. The number of nitrogens with zero attached hydrogens (tertiary/aromatic N) is 3. The van der Waals surface area contributed by atoms with Crippen LogP contribution in [0.5, 0.6) is 0 Å². The van der Waals surface area contributed by atoms with Gasteiger partial charge in [-0.25, -0.2) is 0 Å². The van der Waals surface area contributed by atoms with E-state index in [9.17, 15) is 4.79 Å². The van der Waals surface area contributed by atoms with Crippen LogP contribution in [0.1, 0.15) is 42.0 Å². The van der Waals surface area contributed by atoms with Crippen LogP contribution in [0.25, 0.3) is 0 Å². The molecule has 2 aromatic heterocycles. The summed E-state index contributed by atoms with van der Waals surface area (Å²) in [4.78, 5) is 19.2. The Balaban J connectivity index is 1.72. The normalized spacial score (nSPS) is 16.8. The average Bonchev–Trinajstić information content (AvgIpc) is 3.14. The van der Waals surface area contributed by atoms with Gasteiger partial charge in [-0.15, -0.1) is 0 Å². The van der Waals surface area contributed by atoms with Crippen LogP contribution in [-0.2, 0) is 4.74 Å². The maximum absolute atomic E-state index is 12.7. The number of carbonyl (C=O) groups is 1. The zero-order valence-electron chi connectivity index (χ0n) is 14.9. The fraction of sp³-hybridized carbons (Fsp3) is 0.474.